The van der Waals surface area contributed by atoms with Crippen LogP contribution in [0.5, 0.6) is 0 Å². The highest BCUT2D eigenvalue weighted by molar-refractivity contribution is 7.92. The highest BCUT2D eigenvalue weighted by Gasteiger charge is 2.24. The zero-order valence-corrected chi connectivity index (χ0v) is 16.6. The lowest BCUT2D eigenvalue weighted by atomic mass is 10.0. The van der Waals surface area contributed by atoms with Crippen LogP contribution in [0.3, 0.4) is 0 Å². The minimum Gasteiger partial charge on any atom is -0.338 e. The largest absolute Gasteiger partial charge is 0.338 e. The minimum absolute atomic E-state index is 0.00169. The molecule has 0 atom stereocenters. The molecule has 1 N–H and O–H groups in total. The monoisotopic (exact) mass is 404 g/mol. The van der Waals surface area contributed by atoms with Gasteiger partial charge in [-0.05, 0) is 55.7 Å². The van der Waals surface area contributed by atoms with Crippen LogP contribution in [0.15, 0.2) is 59.5 Å². The molecule has 3 rings (SSSR count). The van der Waals surface area contributed by atoms with Gasteiger partial charge in [0.2, 0.25) is 0 Å². The summed E-state index contributed by atoms with van der Waals surface area (Å²) in [5.74, 6) is -0.264. The van der Waals surface area contributed by atoms with E-state index >= 15 is 0 Å². The first-order valence-corrected chi connectivity index (χ1v) is 10.5. The molecule has 1 aliphatic rings. The molecule has 1 fully saturated rings. The van der Waals surface area contributed by atoms with Crippen molar-refractivity contribution in [2.75, 3.05) is 17.8 Å². The quantitative estimate of drug-likeness (QED) is 0.775. The molecule has 0 unspecified atom stereocenters. The Bertz CT molecular complexity index is 992. The third kappa shape index (κ3) is 4.51. The number of hydrogen-bond donors (Lipinski definition) is 1. The van der Waals surface area contributed by atoms with Gasteiger partial charge in [-0.2, -0.15) is 0 Å². The molecule has 0 radical (unpaired) electrons. The zero-order chi connectivity index (χ0) is 19.6. The van der Waals surface area contributed by atoms with Crippen molar-refractivity contribution in [2.45, 2.75) is 24.7 Å². The molecule has 7 heteroatoms. The van der Waals surface area contributed by atoms with E-state index < -0.39 is 10.0 Å². The number of rotatable bonds is 4. The average Bonchev–Trinajstić information content (AvgIpc) is 2.61. The van der Waals surface area contributed by atoms with Crippen molar-refractivity contribution in [3.05, 3.63) is 70.8 Å². The molecule has 1 amide bonds. The van der Waals surface area contributed by atoms with E-state index in [1.807, 2.05) is 13.0 Å². The number of benzene rings is 2. The van der Waals surface area contributed by atoms with Crippen LogP contribution in [0, 0.1) is 6.92 Å². The molecule has 0 saturated carbocycles. The Hall–Kier alpha value is -2.31. The molecule has 27 heavy (non-hydrogen) atoms. The lowest BCUT2D eigenvalue weighted by Gasteiger charge is -2.28. The van der Waals surface area contributed by atoms with Crippen molar-refractivity contribution in [2.24, 2.45) is 0 Å². The number of piperidine rings is 1. The Morgan fingerprint density at radius 1 is 1.15 bits per heavy atom. The maximum atomic E-state index is 12.8. The second-order valence-corrected chi connectivity index (χ2v) is 8.75. The number of amides is 1. The van der Waals surface area contributed by atoms with Gasteiger partial charge in [-0.1, -0.05) is 35.9 Å². The molecule has 5 nitrogen and oxygen atoms in total. The Morgan fingerprint density at radius 2 is 1.85 bits per heavy atom. The van der Waals surface area contributed by atoms with Crippen LogP contribution in [-0.4, -0.2) is 32.3 Å². The van der Waals surface area contributed by atoms with Gasteiger partial charge >= 0.3 is 0 Å². The predicted molar refractivity (Wildman–Crippen MR) is 108 cm³/mol. The third-order valence-corrected chi connectivity index (χ3v) is 6.22. The number of likely N-dealkylation sites (tertiary alicyclic amines) is 1. The summed E-state index contributed by atoms with van der Waals surface area (Å²) in [6.07, 6.45) is 1.49. The van der Waals surface area contributed by atoms with E-state index in [1.54, 1.807) is 23.1 Å². The fourth-order valence-corrected chi connectivity index (χ4v) is 4.23. The Balaban J connectivity index is 1.88. The van der Waals surface area contributed by atoms with Gasteiger partial charge < -0.3 is 4.90 Å². The van der Waals surface area contributed by atoms with Crippen LogP contribution >= 0.6 is 11.6 Å². The fraction of sp³-hybridized carbons (Fsp3) is 0.250. The molecule has 0 bridgehead atoms. The molecule has 0 spiro atoms. The van der Waals surface area contributed by atoms with E-state index in [2.05, 4.69) is 11.3 Å². The van der Waals surface area contributed by atoms with Crippen LogP contribution < -0.4 is 4.72 Å². The number of carbonyl (C=O) groups excluding carboxylic acids is 1. The molecule has 1 aliphatic heterocycles. The second kappa shape index (κ2) is 7.74. The van der Waals surface area contributed by atoms with Gasteiger partial charge in [0.1, 0.15) is 0 Å². The number of halogens is 1. The molecule has 1 saturated heterocycles. The van der Waals surface area contributed by atoms with E-state index in [0.29, 0.717) is 18.8 Å². The first kappa shape index (κ1) is 19.5. The summed E-state index contributed by atoms with van der Waals surface area (Å²) in [5.41, 5.74) is 2.71. The van der Waals surface area contributed by atoms with Crippen molar-refractivity contribution in [3.63, 3.8) is 0 Å². The van der Waals surface area contributed by atoms with Crippen molar-refractivity contribution < 1.29 is 13.2 Å². The van der Waals surface area contributed by atoms with Crippen LogP contribution in [0.1, 0.15) is 28.8 Å². The number of nitrogens with zero attached hydrogens (tertiary/aromatic N) is 1. The molecule has 2 aromatic carbocycles. The summed E-state index contributed by atoms with van der Waals surface area (Å²) in [4.78, 5) is 14.5. The van der Waals surface area contributed by atoms with E-state index in [-0.39, 0.29) is 21.4 Å². The summed E-state index contributed by atoms with van der Waals surface area (Å²) < 4.78 is 28.0. The minimum atomic E-state index is -3.84. The third-order valence-electron chi connectivity index (χ3n) is 4.51. The number of carbonyl (C=O) groups is 1. The zero-order valence-electron chi connectivity index (χ0n) is 15.0. The van der Waals surface area contributed by atoms with E-state index in [0.717, 1.165) is 24.0 Å². The van der Waals surface area contributed by atoms with Crippen molar-refractivity contribution in [1.82, 2.24) is 4.90 Å². The summed E-state index contributed by atoms with van der Waals surface area (Å²) in [6.45, 7) is 6.94. The van der Waals surface area contributed by atoms with Crippen molar-refractivity contribution in [3.8, 4) is 0 Å². The first-order valence-electron chi connectivity index (χ1n) is 8.61. The van der Waals surface area contributed by atoms with Gasteiger partial charge in [-0.3, -0.25) is 9.52 Å². The number of anilines is 1. The van der Waals surface area contributed by atoms with Gasteiger partial charge in [0, 0.05) is 18.8 Å². The molecular weight excluding hydrogens is 384 g/mol. The lowest BCUT2D eigenvalue weighted by molar-refractivity contribution is 0.0743. The molecule has 1 heterocycles. The van der Waals surface area contributed by atoms with Gasteiger partial charge in [0.25, 0.3) is 15.9 Å². The molecule has 142 valence electrons. The highest BCUT2D eigenvalue weighted by atomic mass is 35.5. The molecular formula is C20H21ClN2O3S. The van der Waals surface area contributed by atoms with Crippen LogP contribution in [0.2, 0.25) is 5.02 Å². The lowest BCUT2D eigenvalue weighted by Crippen LogP contribution is -2.36. The summed E-state index contributed by atoms with van der Waals surface area (Å²) in [5, 5.41) is 0.235. The normalized spacial score (nSPS) is 14.9. The van der Waals surface area contributed by atoms with Gasteiger partial charge in [0.05, 0.1) is 15.5 Å². The van der Waals surface area contributed by atoms with Crippen LogP contribution in [-0.2, 0) is 10.0 Å². The van der Waals surface area contributed by atoms with E-state index in [9.17, 15) is 13.2 Å². The Labute approximate surface area is 164 Å². The SMILES string of the molecule is C=C1CCN(C(=O)c2cc(S(=O)(=O)Nc3cccc(C)c3)ccc2Cl)CC1. The summed E-state index contributed by atoms with van der Waals surface area (Å²) in [7, 11) is -3.84. The van der Waals surface area contributed by atoms with E-state index in [1.165, 1.54) is 18.2 Å². The summed E-state index contributed by atoms with van der Waals surface area (Å²) in [6, 6.07) is 11.2. The molecule has 2 aromatic rings. The number of hydrogen-bond acceptors (Lipinski definition) is 3. The topological polar surface area (TPSA) is 66.5 Å². The second-order valence-electron chi connectivity index (χ2n) is 6.66. The predicted octanol–water partition coefficient (Wildman–Crippen LogP) is 4.24. The Morgan fingerprint density at radius 3 is 2.52 bits per heavy atom. The van der Waals surface area contributed by atoms with Crippen LogP contribution in [0.4, 0.5) is 5.69 Å². The van der Waals surface area contributed by atoms with E-state index in [4.69, 9.17) is 11.6 Å². The summed E-state index contributed by atoms with van der Waals surface area (Å²) >= 11 is 6.19. The van der Waals surface area contributed by atoms with Crippen molar-refractivity contribution >= 4 is 33.2 Å². The van der Waals surface area contributed by atoms with Gasteiger partial charge in [0.15, 0.2) is 0 Å². The number of nitrogens with one attached hydrogen (secondary N) is 1. The maximum absolute atomic E-state index is 12.8. The van der Waals surface area contributed by atoms with Crippen LogP contribution in [0.25, 0.3) is 0 Å². The highest BCUT2D eigenvalue weighted by Crippen LogP contribution is 2.25. The fourth-order valence-electron chi connectivity index (χ4n) is 2.95. The standard InChI is InChI=1S/C20H21ClN2O3S/c1-14-8-10-23(11-9-14)20(24)18-13-17(6-7-19(18)21)27(25,26)22-16-5-3-4-15(2)12-16/h3-7,12-13,22H,1,8-11H2,2H3. The van der Waals surface area contributed by atoms with Crippen molar-refractivity contribution in [1.29, 1.82) is 0 Å². The number of sulfonamides is 1. The first-order chi connectivity index (χ1) is 12.8. The average molecular weight is 405 g/mol. The number of aryl methyl sites for hydroxylation is 1. The smallest absolute Gasteiger partial charge is 0.261 e. The maximum Gasteiger partial charge on any atom is 0.261 e. The Kier molecular flexibility index (Phi) is 5.58. The van der Waals surface area contributed by atoms with Gasteiger partial charge in [-0.15, -0.1) is 0 Å². The van der Waals surface area contributed by atoms with Gasteiger partial charge in [-0.25, -0.2) is 8.42 Å². The molecule has 0 aromatic heterocycles. The molecule has 0 aliphatic carbocycles.